The molecular weight excluding hydrogens is 307 g/mol. The maximum atomic E-state index is 13.8. The van der Waals surface area contributed by atoms with E-state index in [0.29, 0.717) is 31.2 Å². The monoisotopic (exact) mass is 326 g/mol. The second-order valence-corrected chi connectivity index (χ2v) is 8.66. The number of carbonyl (C=O) groups excluding carboxylic acids is 1. The molecule has 2 aliphatic rings. The van der Waals surface area contributed by atoms with E-state index < -0.39 is 26.2 Å². The lowest BCUT2D eigenvalue weighted by atomic mass is 9.84. The molecule has 2 unspecified atom stereocenters. The van der Waals surface area contributed by atoms with E-state index in [9.17, 15) is 17.6 Å². The van der Waals surface area contributed by atoms with E-state index in [1.165, 1.54) is 19.2 Å². The fraction of sp³-hybridized carbons (Fsp3) is 0.562. The summed E-state index contributed by atoms with van der Waals surface area (Å²) >= 11 is 0. The summed E-state index contributed by atoms with van der Waals surface area (Å²) in [6, 6.07) is 4.16. The highest BCUT2D eigenvalue weighted by Crippen LogP contribution is 2.40. The van der Waals surface area contributed by atoms with Crippen LogP contribution in [-0.4, -0.2) is 31.8 Å². The molecule has 120 valence electrons. The van der Waals surface area contributed by atoms with Crippen LogP contribution < -0.4 is 4.74 Å². The summed E-state index contributed by atoms with van der Waals surface area (Å²) in [7, 11) is -1.71. The molecule has 0 saturated carbocycles. The van der Waals surface area contributed by atoms with Crippen molar-refractivity contribution in [1.82, 2.24) is 0 Å². The first-order valence-electron chi connectivity index (χ1n) is 7.54. The number of Topliss-reactive ketones (excluding diaryl/α,β-unsaturated/α-hetero) is 1. The largest absolute Gasteiger partial charge is 0.494 e. The van der Waals surface area contributed by atoms with E-state index in [0.717, 1.165) is 6.42 Å². The van der Waals surface area contributed by atoms with Crippen LogP contribution >= 0.6 is 0 Å². The highest BCUT2D eigenvalue weighted by atomic mass is 32.2. The number of methoxy groups -OCH3 is 1. The Morgan fingerprint density at radius 1 is 1.23 bits per heavy atom. The molecular formula is C16H19FO4S. The lowest BCUT2D eigenvalue weighted by Crippen LogP contribution is -2.45. The molecule has 1 aromatic carbocycles. The highest BCUT2D eigenvalue weighted by molar-refractivity contribution is 7.92. The van der Waals surface area contributed by atoms with Crippen molar-refractivity contribution < 1.29 is 22.3 Å². The Morgan fingerprint density at radius 3 is 2.41 bits per heavy atom. The second kappa shape index (κ2) is 5.65. The van der Waals surface area contributed by atoms with Crippen LogP contribution in [0.2, 0.25) is 0 Å². The Bertz CT molecular complexity index is 678. The van der Waals surface area contributed by atoms with Gasteiger partial charge in [-0.1, -0.05) is 6.42 Å². The number of hydrogen-bond acceptors (Lipinski definition) is 4. The van der Waals surface area contributed by atoms with Crippen LogP contribution in [0.25, 0.3) is 0 Å². The average molecular weight is 326 g/mol. The molecule has 22 heavy (non-hydrogen) atoms. The number of ketones is 1. The van der Waals surface area contributed by atoms with Gasteiger partial charge in [0, 0.05) is 11.5 Å². The van der Waals surface area contributed by atoms with Gasteiger partial charge in [-0.15, -0.1) is 0 Å². The Labute approximate surface area is 129 Å². The number of sulfone groups is 1. The fourth-order valence-corrected chi connectivity index (χ4v) is 6.21. The van der Waals surface area contributed by atoms with Crippen LogP contribution in [0, 0.1) is 11.7 Å². The average Bonchev–Trinajstić information content (AvgIpc) is 2.45. The number of benzene rings is 1. The lowest BCUT2D eigenvalue weighted by molar-refractivity contribution is 0.0893. The van der Waals surface area contributed by atoms with Gasteiger partial charge in [-0.3, -0.25) is 4.79 Å². The molecule has 2 atom stereocenters. The summed E-state index contributed by atoms with van der Waals surface area (Å²) in [6.45, 7) is 0. The van der Waals surface area contributed by atoms with Crippen LogP contribution in [0.3, 0.4) is 0 Å². The van der Waals surface area contributed by atoms with Gasteiger partial charge in [0.1, 0.15) is 0 Å². The smallest absolute Gasteiger partial charge is 0.166 e. The molecule has 1 aromatic rings. The molecule has 6 heteroatoms. The summed E-state index contributed by atoms with van der Waals surface area (Å²) in [4.78, 5) is 12.6. The third-order valence-corrected chi connectivity index (χ3v) is 7.60. The van der Waals surface area contributed by atoms with Crippen LogP contribution in [-0.2, 0) is 9.84 Å². The van der Waals surface area contributed by atoms with Crippen LogP contribution in [0.4, 0.5) is 4.39 Å². The van der Waals surface area contributed by atoms with E-state index in [1.54, 1.807) is 6.07 Å². The van der Waals surface area contributed by atoms with Crippen molar-refractivity contribution in [3.8, 4) is 5.75 Å². The molecule has 0 aliphatic carbocycles. The number of halogens is 1. The first kappa shape index (κ1) is 15.5. The second-order valence-electron chi connectivity index (χ2n) is 6.15. The third-order valence-electron chi connectivity index (χ3n) is 4.88. The number of hydrogen-bond donors (Lipinski definition) is 0. The predicted molar refractivity (Wildman–Crippen MR) is 80.4 cm³/mol. The van der Waals surface area contributed by atoms with Gasteiger partial charge in [-0.2, -0.15) is 0 Å². The first-order chi connectivity index (χ1) is 10.4. The van der Waals surface area contributed by atoms with Crippen LogP contribution in [0.1, 0.15) is 42.5 Å². The zero-order valence-corrected chi connectivity index (χ0v) is 13.2. The molecule has 2 bridgehead atoms. The Balaban J connectivity index is 1.83. The van der Waals surface area contributed by atoms with E-state index in [2.05, 4.69) is 0 Å². The zero-order chi connectivity index (χ0) is 15.9. The summed E-state index contributed by atoms with van der Waals surface area (Å²) in [5.41, 5.74) is 0.292. The maximum Gasteiger partial charge on any atom is 0.166 e. The van der Waals surface area contributed by atoms with Gasteiger partial charge < -0.3 is 4.74 Å². The number of rotatable bonds is 3. The molecule has 3 rings (SSSR count). The topological polar surface area (TPSA) is 60.4 Å². The molecule has 0 aromatic heterocycles. The van der Waals surface area contributed by atoms with Crippen molar-refractivity contribution in [2.75, 3.05) is 7.11 Å². The molecule has 0 amide bonds. The van der Waals surface area contributed by atoms with Crippen molar-refractivity contribution in [2.24, 2.45) is 5.92 Å². The van der Waals surface area contributed by atoms with Gasteiger partial charge in [0.2, 0.25) is 0 Å². The summed E-state index contributed by atoms with van der Waals surface area (Å²) < 4.78 is 43.1. The summed E-state index contributed by atoms with van der Waals surface area (Å²) in [5.74, 6) is -0.961. The number of carbonyl (C=O) groups is 1. The third kappa shape index (κ3) is 2.53. The number of ether oxygens (including phenoxy) is 1. The minimum absolute atomic E-state index is 0.0969. The molecule has 2 saturated heterocycles. The molecule has 0 radical (unpaired) electrons. The fourth-order valence-electron chi connectivity index (χ4n) is 3.68. The van der Waals surface area contributed by atoms with Gasteiger partial charge >= 0.3 is 0 Å². The number of fused-ring (bicyclic) bond motifs is 2. The maximum absolute atomic E-state index is 13.8. The zero-order valence-electron chi connectivity index (χ0n) is 12.4. The van der Waals surface area contributed by atoms with E-state index in [-0.39, 0.29) is 17.5 Å². The van der Waals surface area contributed by atoms with Gasteiger partial charge in [0.25, 0.3) is 0 Å². The van der Waals surface area contributed by atoms with Crippen LogP contribution in [0.15, 0.2) is 18.2 Å². The van der Waals surface area contributed by atoms with Gasteiger partial charge in [0.05, 0.1) is 17.6 Å². The quantitative estimate of drug-likeness (QED) is 0.801. The van der Waals surface area contributed by atoms with Crippen molar-refractivity contribution in [3.05, 3.63) is 29.6 Å². The Hall–Kier alpha value is -1.43. The standard InChI is InChI=1S/C16H19FO4S/c1-21-15-6-5-10(9-14(15)17)16(18)11-7-12-3-2-4-13(8-11)22(12,19)20/h5-6,9,11-13H,2-4,7-8H2,1H3. The minimum atomic E-state index is -3.08. The van der Waals surface area contributed by atoms with E-state index in [4.69, 9.17) is 4.74 Å². The SMILES string of the molecule is COc1ccc(C(=O)C2CC3CCCC(C2)S3(=O)=O)cc1F. The predicted octanol–water partition coefficient (Wildman–Crippen LogP) is 2.76. The molecule has 2 heterocycles. The molecule has 0 N–H and O–H groups in total. The summed E-state index contributed by atoms with van der Waals surface area (Å²) in [5, 5.41) is -0.811. The molecule has 0 spiro atoms. The van der Waals surface area contributed by atoms with Gasteiger partial charge in [-0.25, -0.2) is 12.8 Å². The molecule has 2 fully saturated rings. The van der Waals surface area contributed by atoms with E-state index in [1.807, 2.05) is 0 Å². The molecule has 2 aliphatic heterocycles. The minimum Gasteiger partial charge on any atom is -0.494 e. The van der Waals surface area contributed by atoms with Crippen molar-refractivity contribution in [2.45, 2.75) is 42.6 Å². The van der Waals surface area contributed by atoms with Crippen molar-refractivity contribution >= 4 is 15.6 Å². The van der Waals surface area contributed by atoms with Crippen molar-refractivity contribution in [3.63, 3.8) is 0 Å². The summed E-state index contributed by atoms with van der Waals surface area (Å²) in [6.07, 6.45) is 2.92. The molecule has 4 nitrogen and oxygen atoms in total. The van der Waals surface area contributed by atoms with E-state index >= 15 is 0 Å². The van der Waals surface area contributed by atoms with Crippen molar-refractivity contribution in [1.29, 1.82) is 0 Å². The van der Waals surface area contributed by atoms with Gasteiger partial charge in [-0.05, 0) is 43.9 Å². The Morgan fingerprint density at radius 2 is 1.86 bits per heavy atom. The lowest BCUT2D eigenvalue weighted by Gasteiger charge is -2.38. The Kier molecular flexibility index (Phi) is 3.97. The highest BCUT2D eigenvalue weighted by Gasteiger charge is 2.46. The van der Waals surface area contributed by atoms with Crippen LogP contribution in [0.5, 0.6) is 5.75 Å². The van der Waals surface area contributed by atoms with Gasteiger partial charge in [0.15, 0.2) is 27.2 Å². The first-order valence-corrected chi connectivity index (χ1v) is 9.15. The normalized spacial score (nSPS) is 29.8.